The maximum Gasteiger partial charge on any atom is 0.235 e. The van der Waals surface area contributed by atoms with Crippen LogP contribution in [0.2, 0.25) is 0 Å². The van der Waals surface area contributed by atoms with Gasteiger partial charge in [0.05, 0.1) is 17.6 Å². The van der Waals surface area contributed by atoms with Gasteiger partial charge in [0.1, 0.15) is 0 Å². The topological polar surface area (TPSA) is 78.1 Å². The summed E-state index contributed by atoms with van der Waals surface area (Å²) >= 11 is 0. The molecule has 24 heavy (non-hydrogen) atoms. The Hall–Kier alpha value is -2.02. The van der Waals surface area contributed by atoms with Gasteiger partial charge in [-0.25, -0.2) is 8.42 Å². The second kappa shape index (κ2) is 6.12. The number of rotatable bonds is 4. The summed E-state index contributed by atoms with van der Waals surface area (Å²) in [6.07, 6.45) is 2.52. The molecule has 130 valence electrons. The van der Waals surface area contributed by atoms with Crippen LogP contribution in [0.15, 0.2) is 30.5 Å². The lowest BCUT2D eigenvalue weighted by Gasteiger charge is -2.20. The predicted octanol–water partition coefficient (Wildman–Crippen LogP) is 2.86. The van der Waals surface area contributed by atoms with Crippen molar-refractivity contribution in [3.63, 3.8) is 0 Å². The van der Waals surface area contributed by atoms with Crippen molar-refractivity contribution < 1.29 is 8.42 Å². The largest absolute Gasteiger partial charge is 0.381 e. The number of aromatic nitrogens is 2. The summed E-state index contributed by atoms with van der Waals surface area (Å²) < 4.78 is 25.6. The van der Waals surface area contributed by atoms with Gasteiger partial charge in [-0.15, -0.1) is 0 Å². The molecule has 1 aliphatic heterocycles. The number of sulfonamides is 1. The molecule has 2 aromatic rings. The second-order valence-corrected chi connectivity index (χ2v) is 9.18. The van der Waals surface area contributed by atoms with Crippen molar-refractivity contribution in [2.24, 2.45) is 0 Å². The van der Waals surface area contributed by atoms with E-state index in [1.54, 1.807) is 0 Å². The highest BCUT2D eigenvalue weighted by molar-refractivity contribution is 7.93. The zero-order chi connectivity index (χ0) is 17.4. The number of anilines is 2. The summed E-state index contributed by atoms with van der Waals surface area (Å²) in [6.45, 7) is 7.62. The summed E-state index contributed by atoms with van der Waals surface area (Å²) in [5.74, 6) is 0.231. The van der Waals surface area contributed by atoms with Crippen molar-refractivity contribution in [1.82, 2.24) is 10.2 Å². The molecule has 1 aliphatic rings. The Morgan fingerprint density at radius 1 is 1.33 bits per heavy atom. The van der Waals surface area contributed by atoms with E-state index in [9.17, 15) is 8.42 Å². The molecule has 1 aromatic carbocycles. The second-order valence-electron chi connectivity index (χ2n) is 7.17. The van der Waals surface area contributed by atoms with Gasteiger partial charge in [0, 0.05) is 35.4 Å². The number of nitrogens with one attached hydrogen (secondary N) is 2. The zero-order valence-electron chi connectivity index (χ0n) is 14.3. The molecule has 1 fully saturated rings. The van der Waals surface area contributed by atoms with E-state index >= 15 is 0 Å². The van der Waals surface area contributed by atoms with Crippen LogP contribution in [0.1, 0.15) is 38.4 Å². The minimum Gasteiger partial charge on any atom is -0.381 e. The van der Waals surface area contributed by atoms with Crippen molar-refractivity contribution >= 4 is 21.4 Å². The minimum atomic E-state index is -3.15. The molecule has 6 nitrogen and oxygen atoms in total. The number of benzene rings is 1. The van der Waals surface area contributed by atoms with E-state index in [0.717, 1.165) is 22.6 Å². The van der Waals surface area contributed by atoms with Crippen molar-refractivity contribution in [2.45, 2.75) is 39.2 Å². The van der Waals surface area contributed by atoms with Crippen molar-refractivity contribution in [2.75, 3.05) is 21.9 Å². The maximum atomic E-state index is 12.1. The quantitative estimate of drug-likeness (QED) is 0.890. The third-order valence-electron chi connectivity index (χ3n) is 4.18. The van der Waals surface area contributed by atoms with Crippen molar-refractivity contribution in [3.8, 4) is 0 Å². The summed E-state index contributed by atoms with van der Waals surface area (Å²) in [5, 5.41) is 10.6. The van der Waals surface area contributed by atoms with E-state index in [2.05, 4.69) is 36.3 Å². The van der Waals surface area contributed by atoms with Crippen LogP contribution >= 0.6 is 0 Å². The van der Waals surface area contributed by atoms with Crippen LogP contribution in [0.5, 0.6) is 0 Å². The first-order valence-corrected chi connectivity index (χ1v) is 9.75. The molecule has 2 heterocycles. The minimum absolute atomic E-state index is 0.00100. The lowest BCUT2D eigenvalue weighted by atomic mass is 9.89. The molecule has 0 unspecified atom stereocenters. The van der Waals surface area contributed by atoms with Gasteiger partial charge < -0.3 is 5.32 Å². The third kappa shape index (κ3) is 3.40. The predicted molar refractivity (Wildman–Crippen MR) is 96.8 cm³/mol. The molecule has 0 saturated carbocycles. The SMILES string of the molecule is CC(C)(C)c1[nH]ncc1CNc1cccc(N2CCCS2(=O)=O)c1. The van der Waals surface area contributed by atoms with E-state index in [1.807, 2.05) is 30.5 Å². The Bertz CT molecular complexity index is 821. The first-order chi connectivity index (χ1) is 11.3. The standard InChI is InChI=1S/C17H24N4O2S/c1-17(2,3)16-13(12-19-20-16)11-18-14-6-4-7-15(10-14)21-8-5-9-24(21,22)23/h4,6-7,10,12,18H,5,8-9,11H2,1-3H3,(H,19,20). The van der Waals surface area contributed by atoms with Gasteiger partial charge in [-0.3, -0.25) is 9.40 Å². The molecule has 0 atom stereocenters. The molecule has 0 spiro atoms. The molecule has 7 heteroatoms. The molecule has 0 radical (unpaired) electrons. The molecule has 3 rings (SSSR count). The molecule has 0 bridgehead atoms. The fourth-order valence-electron chi connectivity index (χ4n) is 2.99. The number of aromatic amines is 1. The molecule has 1 aromatic heterocycles. The summed E-state index contributed by atoms with van der Waals surface area (Å²) in [4.78, 5) is 0. The van der Waals surface area contributed by atoms with E-state index in [1.165, 1.54) is 4.31 Å². The van der Waals surface area contributed by atoms with E-state index in [4.69, 9.17) is 0 Å². The van der Waals surface area contributed by atoms with Crippen LogP contribution in [-0.2, 0) is 22.0 Å². The number of nitrogens with zero attached hydrogens (tertiary/aromatic N) is 2. The average Bonchev–Trinajstić information content (AvgIpc) is 3.11. The molecule has 0 aliphatic carbocycles. The van der Waals surface area contributed by atoms with Crippen LogP contribution in [-0.4, -0.2) is 30.9 Å². The van der Waals surface area contributed by atoms with Gasteiger partial charge in [-0.2, -0.15) is 5.10 Å². The van der Waals surface area contributed by atoms with Crippen LogP contribution in [0.3, 0.4) is 0 Å². The zero-order valence-corrected chi connectivity index (χ0v) is 15.2. The Morgan fingerprint density at radius 3 is 2.79 bits per heavy atom. The molecule has 1 saturated heterocycles. The summed E-state index contributed by atoms with van der Waals surface area (Å²) in [6, 6.07) is 7.56. The van der Waals surface area contributed by atoms with E-state index < -0.39 is 10.0 Å². The Morgan fingerprint density at radius 2 is 2.12 bits per heavy atom. The highest BCUT2D eigenvalue weighted by atomic mass is 32.2. The van der Waals surface area contributed by atoms with Gasteiger partial charge in [-0.1, -0.05) is 26.8 Å². The molecular formula is C17H24N4O2S. The first-order valence-electron chi connectivity index (χ1n) is 8.14. The summed E-state index contributed by atoms with van der Waals surface area (Å²) in [5.41, 5.74) is 3.84. The molecular weight excluding hydrogens is 324 g/mol. The fraction of sp³-hybridized carbons (Fsp3) is 0.471. The lowest BCUT2D eigenvalue weighted by molar-refractivity contribution is 0.561. The van der Waals surface area contributed by atoms with E-state index in [-0.39, 0.29) is 11.2 Å². The highest BCUT2D eigenvalue weighted by Gasteiger charge is 2.28. The molecule has 2 N–H and O–H groups in total. The first kappa shape index (κ1) is 16.8. The smallest absolute Gasteiger partial charge is 0.235 e. The highest BCUT2D eigenvalue weighted by Crippen LogP contribution is 2.27. The van der Waals surface area contributed by atoms with E-state index in [0.29, 0.717) is 19.5 Å². The summed E-state index contributed by atoms with van der Waals surface area (Å²) in [7, 11) is -3.15. The van der Waals surface area contributed by atoms with Gasteiger partial charge in [0.15, 0.2) is 0 Å². The Balaban J connectivity index is 1.76. The average molecular weight is 348 g/mol. The molecule has 0 amide bonds. The third-order valence-corrected chi connectivity index (χ3v) is 6.05. The normalized spacial score (nSPS) is 17.2. The number of hydrogen-bond acceptors (Lipinski definition) is 4. The Labute approximate surface area is 143 Å². The Kier molecular flexibility index (Phi) is 4.29. The maximum absolute atomic E-state index is 12.1. The fourth-order valence-corrected chi connectivity index (χ4v) is 4.55. The van der Waals surface area contributed by atoms with Crippen molar-refractivity contribution in [3.05, 3.63) is 41.7 Å². The van der Waals surface area contributed by atoms with Crippen molar-refractivity contribution in [1.29, 1.82) is 0 Å². The van der Waals surface area contributed by atoms with Crippen LogP contribution in [0, 0.1) is 0 Å². The van der Waals surface area contributed by atoms with Crippen LogP contribution in [0.4, 0.5) is 11.4 Å². The monoisotopic (exact) mass is 348 g/mol. The van der Waals surface area contributed by atoms with Gasteiger partial charge >= 0.3 is 0 Å². The van der Waals surface area contributed by atoms with Crippen LogP contribution < -0.4 is 9.62 Å². The lowest BCUT2D eigenvalue weighted by Crippen LogP contribution is -2.25. The van der Waals surface area contributed by atoms with Gasteiger partial charge in [-0.05, 0) is 24.6 Å². The number of hydrogen-bond donors (Lipinski definition) is 2. The van der Waals surface area contributed by atoms with Gasteiger partial charge in [0.25, 0.3) is 0 Å². The number of H-pyrrole nitrogens is 1. The van der Waals surface area contributed by atoms with Crippen LogP contribution in [0.25, 0.3) is 0 Å². The van der Waals surface area contributed by atoms with Gasteiger partial charge in [0.2, 0.25) is 10.0 Å².